The van der Waals surface area contributed by atoms with Crippen molar-refractivity contribution in [2.45, 2.75) is 31.7 Å². The molecule has 2 aromatic carbocycles. The molecule has 2 rings (SSSR count). The van der Waals surface area contributed by atoms with Gasteiger partial charge in [0.05, 0.1) is 12.1 Å². The first-order chi connectivity index (χ1) is 9.99. The smallest absolute Gasteiger partial charge is 0.237 e. The van der Waals surface area contributed by atoms with Crippen molar-refractivity contribution in [3.63, 3.8) is 0 Å². The van der Waals surface area contributed by atoms with E-state index in [0.29, 0.717) is 13.0 Å². The van der Waals surface area contributed by atoms with E-state index in [1.807, 2.05) is 24.3 Å². The minimum atomic E-state index is -0.928. The Hall–Kier alpha value is -2.07. The van der Waals surface area contributed by atoms with Crippen molar-refractivity contribution in [3.05, 3.63) is 42.5 Å². The molecule has 0 radical (unpaired) electrons. The average molecular weight is 286 g/mol. The molecule has 0 aliphatic rings. The predicted molar refractivity (Wildman–Crippen MR) is 85.1 cm³/mol. The van der Waals surface area contributed by atoms with E-state index in [4.69, 9.17) is 16.2 Å². The molecule has 0 saturated carbocycles. The predicted octanol–water partition coefficient (Wildman–Crippen LogP) is 2.59. The highest BCUT2D eigenvalue weighted by Crippen LogP contribution is 2.21. The second-order valence-corrected chi connectivity index (χ2v) is 5.60. The number of unbranched alkanes of at least 4 members (excludes halogenated alkanes) is 1. The van der Waals surface area contributed by atoms with Gasteiger partial charge in [-0.1, -0.05) is 30.3 Å². The molecule has 112 valence electrons. The van der Waals surface area contributed by atoms with Crippen molar-refractivity contribution >= 4 is 16.7 Å². The molecule has 1 amide bonds. The molecule has 0 heterocycles. The SMILES string of the molecule is CC(N)(CCCCOc1ccc2ccccc2c1)C(N)=O. The van der Waals surface area contributed by atoms with Gasteiger partial charge in [0.15, 0.2) is 0 Å². The molecule has 0 fully saturated rings. The Morgan fingerprint density at radius 1 is 1.14 bits per heavy atom. The third-order valence-corrected chi connectivity index (χ3v) is 3.64. The molecule has 0 aliphatic heterocycles. The highest BCUT2D eigenvalue weighted by molar-refractivity contribution is 5.84. The Labute approximate surface area is 125 Å². The summed E-state index contributed by atoms with van der Waals surface area (Å²) in [6.45, 7) is 2.27. The lowest BCUT2D eigenvalue weighted by Crippen LogP contribution is -2.49. The molecule has 0 aromatic heterocycles. The van der Waals surface area contributed by atoms with Gasteiger partial charge in [0, 0.05) is 0 Å². The molecule has 4 nitrogen and oxygen atoms in total. The first-order valence-electron chi connectivity index (χ1n) is 7.19. The second kappa shape index (κ2) is 6.59. The summed E-state index contributed by atoms with van der Waals surface area (Å²) in [5, 5.41) is 2.36. The van der Waals surface area contributed by atoms with Crippen LogP contribution in [0.5, 0.6) is 5.75 Å². The monoisotopic (exact) mass is 286 g/mol. The van der Waals surface area contributed by atoms with Crippen molar-refractivity contribution in [2.24, 2.45) is 11.5 Å². The summed E-state index contributed by atoms with van der Waals surface area (Å²) >= 11 is 0. The number of ether oxygens (including phenoxy) is 1. The molecule has 0 aliphatic carbocycles. The maximum atomic E-state index is 11.1. The standard InChI is InChI=1S/C17H22N2O2/c1-17(19,16(18)20)10-4-5-11-21-15-9-8-13-6-2-3-7-14(13)12-15/h2-3,6-9,12H,4-5,10-11,19H2,1H3,(H2,18,20). The van der Waals surface area contributed by atoms with Gasteiger partial charge in [-0.2, -0.15) is 0 Å². The van der Waals surface area contributed by atoms with Crippen LogP contribution in [-0.4, -0.2) is 18.1 Å². The molecule has 2 aromatic rings. The van der Waals surface area contributed by atoms with Crippen LogP contribution in [0.15, 0.2) is 42.5 Å². The van der Waals surface area contributed by atoms with Gasteiger partial charge in [-0.05, 0) is 49.1 Å². The fourth-order valence-electron chi connectivity index (χ4n) is 2.16. The van der Waals surface area contributed by atoms with Gasteiger partial charge in [-0.3, -0.25) is 4.79 Å². The van der Waals surface area contributed by atoms with Crippen molar-refractivity contribution in [1.29, 1.82) is 0 Å². The summed E-state index contributed by atoms with van der Waals surface area (Å²) in [6.07, 6.45) is 2.22. The first-order valence-corrected chi connectivity index (χ1v) is 7.19. The van der Waals surface area contributed by atoms with Gasteiger partial charge in [0.1, 0.15) is 5.75 Å². The number of hydrogen-bond acceptors (Lipinski definition) is 3. The number of nitrogens with two attached hydrogens (primary N) is 2. The number of fused-ring (bicyclic) bond motifs is 1. The lowest BCUT2D eigenvalue weighted by molar-refractivity contribution is -0.122. The summed E-state index contributed by atoms with van der Waals surface area (Å²) in [4.78, 5) is 11.1. The summed E-state index contributed by atoms with van der Waals surface area (Å²) in [6, 6.07) is 14.2. The van der Waals surface area contributed by atoms with Gasteiger partial charge >= 0.3 is 0 Å². The number of carbonyl (C=O) groups excluding carboxylic acids is 1. The lowest BCUT2D eigenvalue weighted by atomic mass is 9.96. The van der Waals surface area contributed by atoms with Crippen molar-refractivity contribution in [2.75, 3.05) is 6.61 Å². The van der Waals surface area contributed by atoms with Crippen LogP contribution in [0, 0.1) is 0 Å². The zero-order chi connectivity index (χ0) is 15.3. The van der Waals surface area contributed by atoms with Crippen LogP contribution < -0.4 is 16.2 Å². The first kappa shape index (κ1) is 15.3. The minimum Gasteiger partial charge on any atom is -0.494 e. The highest BCUT2D eigenvalue weighted by atomic mass is 16.5. The van der Waals surface area contributed by atoms with Gasteiger partial charge < -0.3 is 16.2 Å². The molecular formula is C17H22N2O2. The summed E-state index contributed by atoms with van der Waals surface area (Å²) in [5.41, 5.74) is 10.1. The van der Waals surface area contributed by atoms with Crippen LogP contribution in [0.1, 0.15) is 26.2 Å². The normalized spacial score (nSPS) is 13.8. The highest BCUT2D eigenvalue weighted by Gasteiger charge is 2.24. The average Bonchev–Trinajstić information content (AvgIpc) is 2.46. The van der Waals surface area contributed by atoms with Gasteiger partial charge in [0.25, 0.3) is 0 Å². The number of benzene rings is 2. The minimum absolute atomic E-state index is 0.460. The Kier molecular flexibility index (Phi) is 4.81. The summed E-state index contributed by atoms with van der Waals surface area (Å²) < 4.78 is 5.73. The molecule has 1 unspecified atom stereocenters. The van der Waals surface area contributed by atoms with Gasteiger partial charge in [-0.25, -0.2) is 0 Å². The molecular weight excluding hydrogens is 264 g/mol. The van der Waals surface area contributed by atoms with Gasteiger partial charge in [0.2, 0.25) is 5.91 Å². The molecule has 0 spiro atoms. The molecule has 1 atom stereocenters. The van der Waals surface area contributed by atoms with Crippen LogP contribution in [0.4, 0.5) is 0 Å². The van der Waals surface area contributed by atoms with E-state index < -0.39 is 11.4 Å². The fraction of sp³-hybridized carbons (Fsp3) is 0.353. The molecule has 0 saturated heterocycles. The number of amides is 1. The quantitative estimate of drug-likeness (QED) is 0.768. The van der Waals surface area contributed by atoms with Crippen molar-refractivity contribution < 1.29 is 9.53 Å². The van der Waals surface area contributed by atoms with Crippen LogP contribution >= 0.6 is 0 Å². The molecule has 4 heteroatoms. The number of carbonyl (C=O) groups is 1. The number of hydrogen-bond donors (Lipinski definition) is 2. The van der Waals surface area contributed by atoms with E-state index >= 15 is 0 Å². The fourth-order valence-corrected chi connectivity index (χ4v) is 2.16. The van der Waals surface area contributed by atoms with E-state index in [1.54, 1.807) is 6.92 Å². The van der Waals surface area contributed by atoms with E-state index in [0.717, 1.165) is 18.6 Å². The molecule has 0 bridgehead atoms. The van der Waals surface area contributed by atoms with E-state index in [1.165, 1.54) is 10.8 Å². The Morgan fingerprint density at radius 3 is 2.57 bits per heavy atom. The summed E-state index contributed by atoms with van der Waals surface area (Å²) in [7, 11) is 0. The van der Waals surface area contributed by atoms with Crippen LogP contribution in [0.2, 0.25) is 0 Å². The van der Waals surface area contributed by atoms with E-state index in [-0.39, 0.29) is 0 Å². The van der Waals surface area contributed by atoms with E-state index in [2.05, 4.69) is 18.2 Å². The Balaban J connectivity index is 1.79. The second-order valence-electron chi connectivity index (χ2n) is 5.60. The third-order valence-electron chi connectivity index (χ3n) is 3.64. The van der Waals surface area contributed by atoms with Crippen LogP contribution in [0.25, 0.3) is 10.8 Å². The van der Waals surface area contributed by atoms with Crippen LogP contribution in [0.3, 0.4) is 0 Å². The largest absolute Gasteiger partial charge is 0.494 e. The van der Waals surface area contributed by atoms with Crippen LogP contribution in [-0.2, 0) is 4.79 Å². The topological polar surface area (TPSA) is 78.3 Å². The Morgan fingerprint density at radius 2 is 1.86 bits per heavy atom. The van der Waals surface area contributed by atoms with Crippen molar-refractivity contribution in [3.8, 4) is 5.75 Å². The lowest BCUT2D eigenvalue weighted by Gasteiger charge is -2.19. The Bertz CT molecular complexity index is 623. The molecule has 4 N–H and O–H groups in total. The number of rotatable bonds is 7. The third kappa shape index (κ3) is 4.20. The zero-order valence-electron chi connectivity index (χ0n) is 12.3. The maximum Gasteiger partial charge on any atom is 0.237 e. The number of primary amides is 1. The maximum absolute atomic E-state index is 11.1. The zero-order valence-corrected chi connectivity index (χ0v) is 12.3. The van der Waals surface area contributed by atoms with E-state index in [9.17, 15) is 4.79 Å². The molecule has 21 heavy (non-hydrogen) atoms. The van der Waals surface area contributed by atoms with Gasteiger partial charge in [-0.15, -0.1) is 0 Å². The summed E-state index contributed by atoms with van der Waals surface area (Å²) in [5.74, 6) is 0.400. The van der Waals surface area contributed by atoms with Crippen molar-refractivity contribution in [1.82, 2.24) is 0 Å².